The van der Waals surface area contributed by atoms with Crippen LogP contribution in [-0.2, 0) is 9.53 Å². The first-order valence-corrected chi connectivity index (χ1v) is 9.73. The van der Waals surface area contributed by atoms with Crippen LogP contribution >= 0.6 is 11.3 Å². The van der Waals surface area contributed by atoms with Gasteiger partial charge in [0.1, 0.15) is 11.8 Å². The minimum absolute atomic E-state index is 0.0698. The average Bonchev–Trinajstić information content (AvgIpc) is 3.37. The summed E-state index contributed by atoms with van der Waals surface area (Å²) in [7, 11) is 0. The number of likely N-dealkylation sites (tertiary alicyclic amines) is 1. The van der Waals surface area contributed by atoms with Gasteiger partial charge in [-0.3, -0.25) is 9.59 Å². The molecular formula is C19H19N3O3S. The number of hydrogen-bond acceptors (Lipinski definition) is 5. The molecule has 1 aromatic carbocycles. The van der Waals surface area contributed by atoms with Gasteiger partial charge in [-0.1, -0.05) is 30.3 Å². The minimum atomic E-state index is -0.682. The van der Waals surface area contributed by atoms with E-state index in [0.717, 1.165) is 10.6 Å². The normalized spacial score (nSPS) is 30.0. The summed E-state index contributed by atoms with van der Waals surface area (Å²) < 4.78 is 6.47. The fraction of sp³-hybridized carbons (Fsp3) is 0.421. The molecule has 1 spiro atoms. The van der Waals surface area contributed by atoms with E-state index < -0.39 is 5.72 Å². The number of carbonyl (C=O) groups excluding carboxylic acids is 2. The molecule has 2 amide bonds. The summed E-state index contributed by atoms with van der Waals surface area (Å²) in [6.07, 6.45) is 0.845. The molecule has 0 radical (unpaired) electrons. The van der Waals surface area contributed by atoms with Gasteiger partial charge in [-0.05, 0) is 12.5 Å². The lowest BCUT2D eigenvalue weighted by Gasteiger charge is -2.31. The van der Waals surface area contributed by atoms with Crippen LogP contribution in [0.25, 0.3) is 0 Å². The zero-order chi connectivity index (χ0) is 17.9. The van der Waals surface area contributed by atoms with Crippen molar-refractivity contribution in [3.8, 4) is 0 Å². The SMILES string of the molecule is Cc1nc(C(=O)N2CC[C@@]34O[C@H](c5ccccc5)CN3C(=O)C[C@@H]24)cs1. The average molecular weight is 369 g/mol. The van der Waals surface area contributed by atoms with Gasteiger partial charge in [0.25, 0.3) is 5.91 Å². The van der Waals surface area contributed by atoms with Crippen molar-refractivity contribution in [3.63, 3.8) is 0 Å². The van der Waals surface area contributed by atoms with E-state index in [1.807, 2.05) is 42.2 Å². The Labute approximate surface area is 155 Å². The molecule has 5 rings (SSSR count). The second kappa shape index (κ2) is 5.62. The molecule has 0 bridgehead atoms. The van der Waals surface area contributed by atoms with E-state index in [1.165, 1.54) is 11.3 Å². The third-order valence-corrected chi connectivity index (χ3v) is 6.47. The lowest BCUT2D eigenvalue weighted by molar-refractivity contribution is -0.138. The highest BCUT2D eigenvalue weighted by Crippen LogP contribution is 2.50. The van der Waals surface area contributed by atoms with Gasteiger partial charge < -0.3 is 14.5 Å². The number of nitrogens with zero attached hydrogens (tertiary/aromatic N) is 3. The fourth-order valence-electron chi connectivity index (χ4n) is 4.52. The first kappa shape index (κ1) is 16.0. The number of amides is 2. The van der Waals surface area contributed by atoms with Crippen molar-refractivity contribution in [2.24, 2.45) is 0 Å². The van der Waals surface area contributed by atoms with Crippen molar-refractivity contribution >= 4 is 23.2 Å². The predicted octanol–water partition coefficient (Wildman–Crippen LogP) is 2.37. The van der Waals surface area contributed by atoms with E-state index >= 15 is 0 Å². The van der Waals surface area contributed by atoms with Crippen molar-refractivity contribution in [2.75, 3.05) is 13.1 Å². The predicted molar refractivity (Wildman–Crippen MR) is 95.6 cm³/mol. The van der Waals surface area contributed by atoms with E-state index in [0.29, 0.717) is 31.6 Å². The first-order valence-electron chi connectivity index (χ1n) is 8.85. The molecule has 4 heterocycles. The maximum atomic E-state index is 12.9. The van der Waals surface area contributed by atoms with Crippen molar-refractivity contribution in [2.45, 2.75) is 37.6 Å². The van der Waals surface area contributed by atoms with E-state index in [-0.39, 0.29) is 24.0 Å². The standard InChI is InChI=1S/C19H19N3O3S/c1-12-20-14(11-26-12)18(24)21-8-7-19-16(21)9-17(23)22(19)10-15(25-19)13-5-3-2-4-6-13/h2-6,11,15-16H,7-10H2,1H3/t15-,16+,19-/m0/s1. The molecule has 0 saturated carbocycles. The lowest BCUT2D eigenvalue weighted by atomic mass is 10.1. The minimum Gasteiger partial charge on any atom is -0.343 e. The highest BCUT2D eigenvalue weighted by atomic mass is 32.1. The molecular weight excluding hydrogens is 350 g/mol. The topological polar surface area (TPSA) is 62.7 Å². The smallest absolute Gasteiger partial charge is 0.273 e. The lowest BCUT2D eigenvalue weighted by Crippen LogP contribution is -2.48. The molecule has 134 valence electrons. The summed E-state index contributed by atoms with van der Waals surface area (Å²) in [6, 6.07) is 9.75. The van der Waals surface area contributed by atoms with Gasteiger partial charge in [0, 0.05) is 18.3 Å². The van der Waals surface area contributed by atoms with Crippen LogP contribution in [0, 0.1) is 6.92 Å². The first-order chi connectivity index (χ1) is 12.6. The van der Waals surface area contributed by atoms with E-state index in [2.05, 4.69) is 4.98 Å². The molecule has 3 fully saturated rings. The number of carbonyl (C=O) groups is 2. The van der Waals surface area contributed by atoms with Gasteiger partial charge in [0.15, 0.2) is 5.72 Å². The number of aromatic nitrogens is 1. The van der Waals surface area contributed by atoms with Crippen LogP contribution in [0.5, 0.6) is 0 Å². The number of hydrogen-bond donors (Lipinski definition) is 0. The Kier molecular flexibility index (Phi) is 3.45. The Balaban J connectivity index is 1.45. The molecule has 3 aliphatic rings. The molecule has 0 N–H and O–H groups in total. The van der Waals surface area contributed by atoms with Crippen molar-refractivity contribution in [1.29, 1.82) is 0 Å². The van der Waals surface area contributed by atoms with E-state index in [1.54, 1.807) is 10.3 Å². The highest BCUT2D eigenvalue weighted by Gasteiger charge is 2.65. The fourth-order valence-corrected chi connectivity index (χ4v) is 5.10. The molecule has 26 heavy (non-hydrogen) atoms. The van der Waals surface area contributed by atoms with Crippen LogP contribution in [0.4, 0.5) is 0 Å². The Morgan fingerprint density at radius 1 is 1.35 bits per heavy atom. The third kappa shape index (κ3) is 2.17. The number of thiazole rings is 1. The zero-order valence-electron chi connectivity index (χ0n) is 14.4. The second-order valence-corrected chi connectivity index (χ2v) is 8.15. The summed E-state index contributed by atoms with van der Waals surface area (Å²) >= 11 is 1.47. The number of rotatable bonds is 2. The van der Waals surface area contributed by atoms with Gasteiger partial charge in [-0.25, -0.2) is 4.98 Å². The number of aryl methyl sites for hydroxylation is 1. The van der Waals surface area contributed by atoms with Gasteiger partial charge in [0.05, 0.1) is 24.0 Å². The van der Waals surface area contributed by atoms with Crippen LogP contribution in [0.1, 0.15) is 40.0 Å². The van der Waals surface area contributed by atoms with Crippen LogP contribution < -0.4 is 0 Å². The van der Waals surface area contributed by atoms with Gasteiger partial charge in [-0.15, -0.1) is 11.3 Å². The van der Waals surface area contributed by atoms with Crippen molar-refractivity contribution in [1.82, 2.24) is 14.8 Å². The van der Waals surface area contributed by atoms with Crippen LogP contribution in [0.2, 0.25) is 0 Å². The Hall–Kier alpha value is -2.25. The summed E-state index contributed by atoms with van der Waals surface area (Å²) in [6.45, 7) is 3.03. The molecule has 7 heteroatoms. The molecule has 6 nitrogen and oxygen atoms in total. The van der Waals surface area contributed by atoms with Gasteiger partial charge >= 0.3 is 0 Å². The maximum Gasteiger partial charge on any atom is 0.273 e. The quantitative estimate of drug-likeness (QED) is 0.815. The Bertz CT molecular complexity index is 883. The molecule has 3 aliphatic heterocycles. The summed E-state index contributed by atoms with van der Waals surface area (Å²) in [5.74, 6) is -0.0296. The Morgan fingerprint density at radius 3 is 2.88 bits per heavy atom. The van der Waals surface area contributed by atoms with Crippen LogP contribution in [0.3, 0.4) is 0 Å². The molecule has 3 saturated heterocycles. The summed E-state index contributed by atoms with van der Waals surface area (Å²) in [5, 5.41) is 2.66. The Morgan fingerprint density at radius 2 is 2.15 bits per heavy atom. The summed E-state index contributed by atoms with van der Waals surface area (Å²) in [4.78, 5) is 33.5. The van der Waals surface area contributed by atoms with Crippen LogP contribution in [0.15, 0.2) is 35.7 Å². The largest absolute Gasteiger partial charge is 0.343 e. The van der Waals surface area contributed by atoms with Gasteiger partial charge in [0.2, 0.25) is 5.91 Å². The highest BCUT2D eigenvalue weighted by molar-refractivity contribution is 7.09. The molecule has 2 aromatic rings. The zero-order valence-corrected chi connectivity index (χ0v) is 15.2. The number of benzene rings is 1. The summed E-state index contributed by atoms with van der Waals surface area (Å²) in [5.41, 5.74) is 0.856. The molecule has 3 atom stereocenters. The van der Waals surface area contributed by atoms with Gasteiger partial charge in [-0.2, -0.15) is 0 Å². The van der Waals surface area contributed by atoms with Crippen molar-refractivity contribution < 1.29 is 14.3 Å². The van der Waals surface area contributed by atoms with E-state index in [4.69, 9.17) is 4.74 Å². The maximum absolute atomic E-state index is 12.9. The van der Waals surface area contributed by atoms with E-state index in [9.17, 15) is 9.59 Å². The third-order valence-electron chi connectivity index (χ3n) is 5.70. The molecule has 0 aliphatic carbocycles. The molecule has 1 aromatic heterocycles. The second-order valence-electron chi connectivity index (χ2n) is 7.09. The monoisotopic (exact) mass is 369 g/mol. The number of ether oxygens (including phenoxy) is 1. The van der Waals surface area contributed by atoms with Crippen molar-refractivity contribution in [3.05, 3.63) is 52.0 Å². The van der Waals surface area contributed by atoms with Crippen LogP contribution in [-0.4, -0.2) is 51.5 Å². The molecule has 0 unspecified atom stereocenters.